The van der Waals surface area contributed by atoms with Crippen molar-refractivity contribution in [2.45, 2.75) is 6.61 Å². The van der Waals surface area contributed by atoms with Crippen LogP contribution < -0.4 is 4.74 Å². The van der Waals surface area contributed by atoms with Crippen molar-refractivity contribution >= 4 is 28.5 Å². The second kappa shape index (κ2) is 5.20. The van der Waals surface area contributed by atoms with Crippen LogP contribution in [0.4, 0.5) is 0 Å². The van der Waals surface area contributed by atoms with Crippen LogP contribution in [0.15, 0.2) is 47.8 Å². The molecule has 19 heavy (non-hydrogen) atoms. The molecule has 0 spiro atoms. The average Bonchev–Trinajstić information content (AvgIpc) is 2.93. The fraction of sp³-hybridized carbons (Fsp3) is 0.0667. The van der Waals surface area contributed by atoms with Crippen molar-refractivity contribution in [3.8, 4) is 5.75 Å². The topological polar surface area (TPSA) is 39.2 Å². The molecule has 94 valence electrons. The summed E-state index contributed by atoms with van der Waals surface area (Å²) >= 11 is 1.37. The van der Waals surface area contributed by atoms with E-state index in [0.717, 1.165) is 22.9 Å². The second-order valence-corrected chi connectivity index (χ2v) is 5.03. The number of aromatic nitrogens is 1. The fourth-order valence-electron chi connectivity index (χ4n) is 1.82. The molecule has 0 unspecified atom stereocenters. The van der Waals surface area contributed by atoms with Gasteiger partial charge in [0.1, 0.15) is 12.4 Å². The zero-order valence-electron chi connectivity index (χ0n) is 10.1. The van der Waals surface area contributed by atoms with Crippen LogP contribution >= 0.6 is 11.3 Å². The van der Waals surface area contributed by atoms with Crippen LogP contribution in [0.5, 0.6) is 5.75 Å². The lowest BCUT2D eigenvalue weighted by Crippen LogP contribution is -1.97. The molecule has 2 aromatic heterocycles. The highest BCUT2D eigenvalue weighted by Crippen LogP contribution is 2.21. The van der Waals surface area contributed by atoms with Gasteiger partial charge in [0, 0.05) is 16.8 Å². The zero-order valence-corrected chi connectivity index (χ0v) is 10.9. The summed E-state index contributed by atoms with van der Waals surface area (Å²) in [5.74, 6) is 0.710. The molecule has 0 radical (unpaired) electrons. The quantitative estimate of drug-likeness (QED) is 0.678. The molecule has 0 atom stereocenters. The van der Waals surface area contributed by atoms with Crippen molar-refractivity contribution < 1.29 is 9.53 Å². The number of aldehydes is 1. The van der Waals surface area contributed by atoms with Crippen LogP contribution in [0.2, 0.25) is 0 Å². The number of benzene rings is 1. The van der Waals surface area contributed by atoms with Gasteiger partial charge in [-0.1, -0.05) is 24.3 Å². The number of hydrogen-bond donors (Lipinski definition) is 0. The molecule has 3 nitrogen and oxygen atoms in total. The minimum absolute atomic E-state index is 0.403. The third-order valence-electron chi connectivity index (χ3n) is 2.75. The highest BCUT2D eigenvalue weighted by atomic mass is 32.1. The molecule has 2 heterocycles. The summed E-state index contributed by atoms with van der Waals surface area (Å²) in [7, 11) is 0. The van der Waals surface area contributed by atoms with E-state index in [-0.39, 0.29) is 0 Å². The summed E-state index contributed by atoms with van der Waals surface area (Å²) in [5.41, 5.74) is 1.83. The molecule has 0 bridgehead atoms. The third-order valence-corrected chi connectivity index (χ3v) is 3.59. The number of carbonyl (C=O) groups excluding carboxylic acids is 1. The lowest BCUT2D eigenvalue weighted by Gasteiger charge is -2.04. The average molecular weight is 269 g/mol. The Labute approximate surface area is 114 Å². The maximum absolute atomic E-state index is 10.6. The van der Waals surface area contributed by atoms with Crippen LogP contribution in [0.1, 0.15) is 15.4 Å². The highest BCUT2D eigenvalue weighted by molar-refractivity contribution is 7.11. The lowest BCUT2D eigenvalue weighted by atomic mass is 10.2. The van der Waals surface area contributed by atoms with E-state index in [4.69, 9.17) is 4.74 Å². The maximum Gasteiger partial charge on any atom is 0.160 e. The van der Waals surface area contributed by atoms with E-state index < -0.39 is 0 Å². The number of fused-ring (bicyclic) bond motifs is 1. The minimum atomic E-state index is 0.403. The monoisotopic (exact) mass is 269 g/mol. The Morgan fingerprint density at radius 3 is 2.95 bits per heavy atom. The van der Waals surface area contributed by atoms with Crippen molar-refractivity contribution in [3.63, 3.8) is 0 Å². The number of thiophene rings is 1. The summed E-state index contributed by atoms with van der Waals surface area (Å²) in [4.78, 5) is 15.8. The van der Waals surface area contributed by atoms with E-state index in [1.165, 1.54) is 11.3 Å². The first kappa shape index (κ1) is 11.9. The molecule has 0 saturated carbocycles. The van der Waals surface area contributed by atoms with Crippen molar-refractivity contribution in [2.75, 3.05) is 0 Å². The van der Waals surface area contributed by atoms with Gasteiger partial charge in [-0.2, -0.15) is 0 Å². The van der Waals surface area contributed by atoms with Crippen molar-refractivity contribution in [1.82, 2.24) is 4.98 Å². The minimum Gasteiger partial charge on any atom is -0.486 e. The summed E-state index contributed by atoms with van der Waals surface area (Å²) < 4.78 is 5.61. The summed E-state index contributed by atoms with van der Waals surface area (Å²) in [6, 6.07) is 13.7. The van der Waals surface area contributed by atoms with E-state index in [9.17, 15) is 4.79 Å². The second-order valence-electron chi connectivity index (χ2n) is 4.09. The highest BCUT2D eigenvalue weighted by Gasteiger charge is 2.02. The Balaban J connectivity index is 1.76. The molecule has 1 aromatic carbocycles. The predicted molar refractivity (Wildman–Crippen MR) is 75.8 cm³/mol. The summed E-state index contributed by atoms with van der Waals surface area (Å²) in [5, 5.41) is 2.94. The van der Waals surface area contributed by atoms with Gasteiger partial charge in [0.15, 0.2) is 6.29 Å². The number of carbonyl (C=O) groups is 1. The van der Waals surface area contributed by atoms with Crippen LogP contribution in [0.3, 0.4) is 0 Å². The number of ether oxygens (including phenoxy) is 1. The molecular weight excluding hydrogens is 258 g/mol. The zero-order chi connectivity index (χ0) is 13.1. The van der Waals surface area contributed by atoms with Crippen LogP contribution in [-0.4, -0.2) is 11.3 Å². The van der Waals surface area contributed by atoms with Crippen LogP contribution in [0, 0.1) is 0 Å². The Morgan fingerprint density at radius 2 is 2.11 bits per heavy atom. The Kier molecular flexibility index (Phi) is 3.25. The van der Waals surface area contributed by atoms with Gasteiger partial charge in [0.25, 0.3) is 0 Å². The van der Waals surface area contributed by atoms with E-state index in [0.29, 0.717) is 17.2 Å². The summed E-state index contributed by atoms with van der Waals surface area (Å²) in [6.07, 6.45) is 0.825. The third kappa shape index (κ3) is 2.63. The SMILES string of the molecule is O=Cc1cc(OCc2ccc3ccccc3n2)cs1. The molecule has 0 aliphatic carbocycles. The first-order valence-electron chi connectivity index (χ1n) is 5.86. The van der Waals surface area contributed by atoms with Gasteiger partial charge in [-0.25, -0.2) is 4.98 Å². The summed E-state index contributed by atoms with van der Waals surface area (Å²) in [6.45, 7) is 0.403. The molecule has 0 fully saturated rings. The normalized spacial score (nSPS) is 10.5. The number of pyridine rings is 1. The van der Waals surface area contributed by atoms with E-state index in [2.05, 4.69) is 4.98 Å². The first-order chi connectivity index (χ1) is 9.35. The molecular formula is C15H11NO2S. The largest absolute Gasteiger partial charge is 0.486 e. The Hall–Kier alpha value is -2.20. The van der Waals surface area contributed by atoms with Crippen LogP contribution in [0.25, 0.3) is 10.9 Å². The van der Waals surface area contributed by atoms with Crippen molar-refractivity contribution in [2.24, 2.45) is 0 Å². The van der Waals surface area contributed by atoms with E-state index >= 15 is 0 Å². The molecule has 3 aromatic rings. The lowest BCUT2D eigenvalue weighted by molar-refractivity contribution is 0.112. The number of para-hydroxylation sites is 1. The van der Waals surface area contributed by atoms with Gasteiger partial charge in [-0.05, 0) is 12.1 Å². The molecule has 3 rings (SSSR count). The molecule has 0 aliphatic heterocycles. The maximum atomic E-state index is 10.6. The van der Waals surface area contributed by atoms with Gasteiger partial charge in [0.2, 0.25) is 0 Å². The smallest absolute Gasteiger partial charge is 0.160 e. The van der Waals surface area contributed by atoms with Gasteiger partial charge in [0.05, 0.1) is 16.1 Å². The fourth-order valence-corrected chi connectivity index (χ4v) is 2.45. The van der Waals surface area contributed by atoms with Gasteiger partial charge in [-0.3, -0.25) is 4.79 Å². The number of hydrogen-bond acceptors (Lipinski definition) is 4. The van der Waals surface area contributed by atoms with Crippen LogP contribution in [-0.2, 0) is 6.61 Å². The predicted octanol–water partition coefficient (Wildman–Crippen LogP) is 3.69. The molecule has 0 amide bonds. The standard InChI is InChI=1S/C15H11NO2S/c17-8-14-7-13(10-19-14)18-9-12-6-5-11-3-1-2-4-15(11)16-12/h1-8,10H,9H2. The van der Waals surface area contributed by atoms with Gasteiger partial charge >= 0.3 is 0 Å². The molecule has 0 N–H and O–H groups in total. The molecule has 0 saturated heterocycles. The number of nitrogens with zero attached hydrogens (tertiary/aromatic N) is 1. The van der Waals surface area contributed by atoms with E-state index in [1.807, 2.05) is 41.8 Å². The molecule has 0 aliphatic rings. The Morgan fingerprint density at radius 1 is 1.21 bits per heavy atom. The van der Waals surface area contributed by atoms with E-state index in [1.54, 1.807) is 6.07 Å². The van der Waals surface area contributed by atoms with Gasteiger partial charge in [-0.15, -0.1) is 11.3 Å². The van der Waals surface area contributed by atoms with Gasteiger partial charge < -0.3 is 4.74 Å². The van der Waals surface area contributed by atoms with Crippen molar-refractivity contribution in [1.29, 1.82) is 0 Å². The van der Waals surface area contributed by atoms with Crippen molar-refractivity contribution in [3.05, 3.63) is 58.4 Å². The molecule has 4 heteroatoms. The number of rotatable bonds is 4. The first-order valence-corrected chi connectivity index (χ1v) is 6.74. The Bertz CT molecular complexity index is 721.